The summed E-state index contributed by atoms with van der Waals surface area (Å²) < 4.78 is 31.7. The van der Waals surface area contributed by atoms with E-state index in [0.717, 1.165) is 28.9 Å². The number of pyridine rings is 2. The normalized spacial score (nSPS) is 18.7. The van der Waals surface area contributed by atoms with Gasteiger partial charge in [-0.25, -0.2) is 28.4 Å². The van der Waals surface area contributed by atoms with Gasteiger partial charge in [0, 0.05) is 38.7 Å². The number of hydrogen-bond acceptors (Lipinski definition) is 9. The van der Waals surface area contributed by atoms with Crippen LogP contribution in [0.5, 0.6) is 0 Å². The third kappa shape index (κ3) is 4.60. The van der Waals surface area contributed by atoms with E-state index in [9.17, 15) is 13.6 Å². The minimum atomic E-state index is -0.766. The van der Waals surface area contributed by atoms with Crippen LogP contribution in [0.3, 0.4) is 0 Å². The zero-order valence-electron chi connectivity index (χ0n) is 24.2. The Kier molecular flexibility index (Phi) is 6.36. The summed E-state index contributed by atoms with van der Waals surface area (Å²) in [5.41, 5.74) is 2.81. The summed E-state index contributed by atoms with van der Waals surface area (Å²) in [6, 6.07) is 14.3. The van der Waals surface area contributed by atoms with Crippen molar-refractivity contribution in [2.45, 2.75) is 31.3 Å². The fraction of sp³-hybridized carbons (Fsp3) is 0.258. The van der Waals surface area contributed by atoms with Crippen LogP contribution < -0.4 is 10.2 Å². The molecule has 2 aliphatic heterocycles. The van der Waals surface area contributed by atoms with Crippen molar-refractivity contribution < 1.29 is 13.6 Å². The number of anilines is 2. The van der Waals surface area contributed by atoms with Gasteiger partial charge in [0.05, 0.1) is 23.0 Å². The Bertz CT molecular complexity index is 2090. The Balaban J connectivity index is 1.19. The molecule has 14 heteroatoms. The van der Waals surface area contributed by atoms with Gasteiger partial charge in [-0.1, -0.05) is 12.1 Å². The maximum absolute atomic E-state index is 14.7. The monoisotopic (exact) mass is 607 g/mol. The molecule has 1 fully saturated rings. The van der Waals surface area contributed by atoms with Gasteiger partial charge < -0.3 is 15.1 Å². The molecule has 0 radical (unpaired) electrons. The molecule has 45 heavy (non-hydrogen) atoms. The van der Waals surface area contributed by atoms with E-state index in [1.54, 1.807) is 11.1 Å². The number of rotatable bonds is 2. The molecule has 4 bridgehead atoms. The number of amides is 1. The molecule has 1 aromatic carbocycles. The van der Waals surface area contributed by atoms with Gasteiger partial charge in [0.2, 0.25) is 5.91 Å². The number of carbonyl (C=O) groups excluding carboxylic acids is 1. The molecule has 1 N–H and O–H groups in total. The average Bonchev–Trinajstić information content (AvgIpc) is 3.78. The number of hydrogen-bond donors (Lipinski definition) is 1. The lowest BCUT2D eigenvalue weighted by Gasteiger charge is -2.28. The van der Waals surface area contributed by atoms with Crippen molar-refractivity contribution in [2.24, 2.45) is 0 Å². The highest BCUT2D eigenvalue weighted by Gasteiger charge is 2.40. The quantitative estimate of drug-likeness (QED) is 0.314. The number of benzene rings is 1. The molecule has 7 heterocycles. The van der Waals surface area contributed by atoms with E-state index in [2.05, 4.69) is 30.6 Å². The highest BCUT2D eigenvalue weighted by atomic mass is 19.1. The average molecular weight is 608 g/mol. The van der Waals surface area contributed by atoms with E-state index in [-0.39, 0.29) is 17.6 Å². The van der Waals surface area contributed by atoms with Gasteiger partial charge in [-0.15, -0.1) is 10.2 Å². The first-order valence-electron chi connectivity index (χ1n) is 14.7. The van der Waals surface area contributed by atoms with Gasteiger partial charge >= 0.3 is 0 Å². The number of nitrogens with one attached hydrogen (secondary N) is 1. The van der Waals surface area contributed by atoms with Crippen LogP contribution in [-0.4, -0.2) is 82.4 Å². The van der Waals surface area contributed by atoms with Crippen LogP contribution in [0, 0.1) is 11.6 Å². The summed E-state index contributed by atoms with van der Waals surface area (Å²) in [7, 11) is 1.81. The Hall–Kier alpha value is -5.53. The van der Waals surface area contributed by atoms with Crippen LogP contribution in [-0.2, 0) is 11.2 Å². The van der Waals surface area contributed by atoms with Crippen molar-refractivity contribution in [3.63, 3.8) is 0 Å². The lowest BCUT2D eigenvalue weighted by molar-refractivity contribution is -0.131. The molecule has 2 aliphatic rings. The molecule has 5 aromatic heterocycles. The lowest BCUT2D eigenvalue weighted by atomic mass is 10.1. The van der Waals surface area contributed by atoms with Crippen LogP contribution in [0.1, 0.15) is 18.7 Å². The highest BCUT2D eigenvalue weighted by Crippen LogP contribution is 2.33. The third-order valence-corrected chi connectivity index (χ3v) is 8.47. The summed E-state index contributed by atoms with van der Waals surface area (Å²) in [6.07, 6.45) is 4.73. The van der Waals surface area contributed by atoms with Crippen molar-refractivity contribution in [2.75, 3.05) is 30.4 Å². The van der Waals surface area contributed by atoms with Crippen LogP contribution in [0.4, 0.5) is 20.4 Å². The van der Waals surface area contributed by atoms with Crippen LogP contribution in [0.15, 0.2) is 67.1 Å². The van der Waals surface area contributed by atoms with E-state index >= 15 is 0 Å². The second-order valence-corrected chi connectivity index (χ2v) is 11.3. The highest BCUT2D eigenvalue weighted by molar-refractivity contribution is 5.92. The molecular formula is C31H27F2N11O. The summed E-state index contributed by atoms with van der Waals surface area (Å²) in [5.74, 6) is 0.482. The first-order chi connectivity index (χ1) is 21.9. The fourth-order valence-corrected chi connectivity index (χ4v) is 6.37. The summed E-state index contributed by atoms with van der Waals surface area (Å²) in [4.78, 5) is 31.6. The Morgan fingerprint density at radius 1 is 1.02 bits per heavy atom. The number of carbonyl (C=O) groups is 1. The van der Waals surface area contributed by atoms with Crippen molar-refractivity contribution in [1.29, 1.82) is 0 Å². The molecule has 2 atom stereocenters. The molecule has 0 unspecified atom stereocenters. The predicted octanol–water partition coefficient (Wildman–Crippen LogP) is 3.66. The van der Waals surface area contributed by atoms with Crippen molar-refractivity contribution >= 4 is 34.2 Å². The largest absolute Gasteiger partial charge is 0.365 e. The molecule has 1 amide bonds. The number of halogens is 2. The van der Waals surface area contributed by atoms with Crippen LogP contribution >= 0.6 is 0 Å². The topological polar surface area (TPSA) is 122 Å². The summed E-state index contributed by atoms with van der Waals surface area (Å²) in [6.45, 7) is 0.967. The Morgan fingerprint density at radius 3 is 2.80 bits per heavy atom. The first-order valence-corrected chi connectivity index (χ1v) is 14.7. The number of aromatic nitrogens is 8. The Labute approximate surface area is 255 Å². The minimum Gasteiger partial charge on any atom is -0.365 e. The molecular weight excluding hydrogens is 580 g/mol. The number of aryl methyl sites for hydroxylation is 1. The van der Waals surface area contributed by atoms with Crippen molar-refractivity contribution in [1.82, 2.24) is 44.2 Å². The van der Waals surface area contributed by atoms with E-state index in [4.69, 9.17) is 4.98 Å². The molecule has 0 saturated carbocycles. The zero-order chi connectivity index (χ0) is 30.7. The van der Waals surface area contributed by atoms with Crippen molar-refractivity contribution in [3.05, 3.63) is 84.6 Å². The smallest absolute Gasteiger partial charge is 0.245 e. The minimum absolute atomic E-state index is 0.0496. The molecule has 0 aliphatic carbocycles. The molecule has 6 aromatic rings. The van der Waals surface area contributed by atoms with Crippen molar-refractivity contribution in [3.8, 4) is 17.1 Å². The van der Waals surface area contributed by atoms with E-state index in [1.165, 1.54) is 23.1 Å². The predicted molar refractivity (Wildman–Crippen MR) is 162 cm³/mol. The van der Waals surface area contributed by atoms with Crippen LogP contribution in [0.2, 0.25) is 0 Å². The zero-order valence-corrected chi connectivity index (χ0v) is 24.2. The molecule has 8 rings (SSSR count). The summed E-state index contributed by atoms with van der Waals surface area (Å²) >= 11 is 0. The van der Waals surface area contributed by atoms with Gasteiger partial charge in [-0.2, -0.15) is 5.10 Å². The van der Waals surface area contributed by atoms with Crippen LogP contribution in [0.25, 0.3) is 33.8 Å². The SMILES string of the molecule is CN1CCCc2nnc3cccc(n23)-c2cccc(n2)N[C@H]2C[C@@H](C1=O)N(c1ncnc3c1cnn3-c1ccc(F)cc1F)C2. The van der Waals surface area contributed by atoms with Gasteiger partial charge in [-0.3, -0.25) is 9.20 Å². The second-order valence-electron chi connectivity index (χ2n) is 11.3. The number of likely N-dealkylation sites (N-methyl/N-ethyl adjacent to an activating group) is 1. The Morgan fingerprint density at radius 2 is 1.91 bits per heavy atom. The number of nitrogens with zero attached hydrogens (tertiary/aromatic N) is 10. The lowest BCUT2D eigenvalue weighted by Crippen LogP contribution is -2.45. The van der Waals surface area contributed by atoms with Gasteiger partial charge in [0.15, 0.2) is 17.1 Å². The van der Waals surface area contributed by atoms with Gasteiger partial charge in [0.1, 0.15) is 41.3 Å². The first kappa shape index (κ1) is 27.0. The van der Waals surface area contributed by atoms with E-state index in [0.29, 0.717) is 55.0 Å². The maximum atomic E-state index is 14.7. The van der Waals surface area contributed by atoms with E-state index < -0.39 is 17.7 Å². The maximum Gasteiger partial charge on any atom is 0.245 e. The molecule has 1 saturated heterocycles. The van der Waals surface area contributed by atoms with E-state index in [1.807, 2.05) is 52.7 Å². The van der Waals surface area contributed by atoms with Gasteiger partial charge in [-0.05, 0) is 49.2 Å². The fourth-order valence-electron chi connectivity index (χ4n) is 6.37. The number of fused-ring (bicyclic) bond motifs is 6. The standard InChI is InChI=1S/C31H27F2N11O/c1-41-12-4-9-28-40-39-27-8-3-6-24(43(27)28)22-5-2-7-26(38-22)37-19-14-25(31(41)45)42(16-19)29-20-15-36-44(30(20)35-17-34-29)23-11-10-18(32)13-21(23)33/h2-3,5-8,10-11,13,15,17,19,25H,4,9,12,14,16H2,1H3,(H,37,38)/t19-,25-/m0/s1. The molecule has 12 nitrogen and oxygen atoms in total. The molecule has 0 spiro atoms. The second kappa shape index (κ2) is 10.6. The third-order valence-electron chi connectivity index (χ3n) is 8.47. The molecule has 226 valence electrons. The van der Waals surface area contributed by atoms with Gasteiger partial charge in [0.25, 0.3) is 0 Å². The summed E-state index contributed by atoms with van der Waals surface area (Å²) in [5, 5.41) is 17.3.